The summed E-state index contributed by atoms with van der Waals surface area (Å²) in [6.45, 7) is 10.9. The Morgan fingerprint density at radius 2 is 1.60 bits per heavy atom. The number of benzene rings is 2. The molecule has 0 aromatic heterocycles. The Morgan fingerprint density at radius 3 is 2.20 bits per heavy atom. The van der Waals surface area contributed by atoms with Crippen molar-refractivity contribution in [1.29, 1.82) is 0 Å². The predicted octanol–water partition coefficient (Wildman–Crippen LogP) is 6.93. The maximum absolute atomic E-state index is 6.22. The molecule has 0 unspecified atom stereocenters. The lowest BCUT2D eigenvalue weighted by Gasteiger charge is -2.40. The van der Waals surface area contributed by atoms with E-state index in [0.717, 1.165) is 17.9 Å². The summed E-state index contributed by atoms with van der Waals surface area (Å²) in [6, 6.07) is 14.9. The predicted molar refractivity (Wildman–Crippen MR) is 108 cm³/mol. The highest BCUT2D eigenvalue weighted by Gasteiger charge is 2.34. The van der Waals surface area contributed by atoms with Gasteiger partial charge in [0.05, 0.1) is 11.2 Å². The maximum atomic E-state index is 6.22. The van der Waals surface area contributed by atoms with Gasteiger partial charge in [0.2, 0.25) is 0 Å². The summed E-state index contributed by atoms with van der Waals surface area (Å²) in [7, 11) is 0. The van der Waals surface area contributed by atoms with Crippen molar-refractivity contribution in [3.8, 4) is 11.1 Å². The van der Waals surface area contributed by atoms with Crippen molar-refractivity contribution in [2.24, 2.45) is 0 Å². The minimum Gasteiger partial charge on any atom is -0.365 e. The molecular weight excluding hydrogens is 328 g/mol. The van der Waals surface area contributed by atoms with Gasteiger partial charge < -0.3 is 4.74 Å². The number of halogens is 1. The molecule has 132 valence electrons. The zero-order chi connectivity index (χ0) is 18.2. The van der Waals surface area contributed by atoms with Crippen LogP contribution in [0.3, 0.4) is 0 Å². The largest absolute Gasteiger partial charge is 0.365 e. The summed E-state index contributed by atoms with van der Waals surface area (Å²) < 4.78 is 6.22. The maximum Gasteiger partial charge on any atom is 0.0819 e. The molecule has 0 aliphatic carbocycles. The number of aryl methyl sites for hydroxylation is 1. The van der Waals surface area contributed by atoms with Crippen LogP contribution in [0.15, 0.2) is 48.5 Å². The average Bonchev–Trinajstić information content (AvgIpc) is 2.52. The summed E-state index contributed by atoms with van der Waals surface area (Å²) in [6.07, 6.45) is 4.24. The first-order valence-electron chi connectivity index (χ1n) is 9.00. The third-order valence-corrected chi connectivity index (χ3v) is 4.94. The molecule has 0 spiro atoms. The highest BCUT2D eigenvalue weighted by atomic mass is 35.5. The van der Waals surface area contributed by atoms with Crippen LogP contribution in [-0.4, -0.2) is 11.2 Å². The third-order valence-electron chi connectivity index (χ3n) is 4.69. The van der Waals surface area contributed by atoms with Gasteiger partial charge in [-0.25, -0.2) is 0 Å². The molecule has 3 rings (SSSR count). The van der Waals surface area contributed by atoms with E-state index < -0.39 is 0 Å². The molecule has 1 aliphatic rings. The van der Waals surface area contributed by atoms with E-state index in [2.05, 4.69) is 71.0 Å². The molecule has 2 aromatic rings. The molecule has 0 bridgehead atoms. The Kier molecular flexibility index (Phi) is 4.83. The fraction of sp³-hybridized carbons (Fsp3) is 0.391. The van der Waals surface area contributed by atoms with E-state index in [1.807, 2.05) is 12.1 Å². The summed E-state index contributed by atoms with van der Waals surface area (Å²) in [5.41, 5.74) is 6.13. The van der Waals surface area contributed by atoms with E-state index >= 15 is 0 Å². The van der Waals surface area contributed by atoms with Gasteiger partial charge in [-0.2, -0.15) is 0 Å². The second-order valence-corrected chi connectivity index (χ2v) is 8.48. The third kappa shape index (κ3) is 4.16. The molecule has 0 radical (unpaired) electrons. The summed E-state index contributed by atoms with van der Waals surface area (Å²) in [4.78, 5) is 0. The first-order valence-corrected chi connectivity index (χ1v) is 9.38. The lowest BCUT2D eigenvalue weighted by atomic mass is 9.83. The van der Waals surface area contributed by atoms with E-state index in [4.69, 9.17) is 16.3 Å². The molecule has 0 amide bonds. The smallest absolute Gasteiger partial charge is 0.0819 e. The number of hydrogen-bond donors (Lipinski definition) is 0. The standard InChI is InChI=1S/C23H27ClO/c1-6-16-7-8-18(17-9-11-20(24)12-10-17)13-21(16)19-14-22(2,3)25-23(4,5)15-19/h7-14H,6,15H2,1-5H3. The van der Waals surface area contributed by atoms with Gasteiger partial charge in [-0.3, -0.25) is 0 Å². The van der Waals surface area contributed by atoms with Crippen molar-refractivity contribution in [2.45, 2.75) is 58.7 Å². The van der Waals surface area contributed by atoms with Gasteiger partial charge in [0.15, 0.2) is 0 Å². The van der Waals surface area contributed by atoms with Crippen LogP contribution in [-0.2, 0) is 11.2 Å². The van der Waals surface area contributed by atoms with Crippen molar-refractivity contribution in [1.82, 2.24) is 0 Å². The zero-order valence-corrected chi connectivity index (χ0v) is 16.6. The Labute approximate surface area is 156 Å². The molecule has 1 nitrogen and oxygen atoms in total. The first-order chi connectivity index (χ1) is 11.7. The van der Waals surface area contributed by atoms with Crippen molar-refractivity contribution >= 4 is 17.2 Å². The zero-order valence-electron chi connectivity index (χ0n) is 15.8. The van der Waals surface area contributed by atoms with Gasteiger partial charge in [0, 0.05) is 11.4 Å². The van der Waals surface area contributed by atoms with Crippen LogP contribution in [0.25, 0.3) is 16.7 Å². The van der Waals surface area contributed by atoms with E-state index in [0.29, 0.717) is 0 Å². The lowest BCUT2D eigenvalue weighted by Crippen LogP contribution is -2.39. The SMILES string of the molecule is CCc1ccc(-c2ccc(Cl)cc2)cc1C1=CC(C)(C)OC(C)(C)C1. The van der Waals surface area contributed by atoms with Gasteiger partial charge in [0.1, 0.15) is 0 Å². The van der Waals surface area contributed by atoms with Crippen molar-refractivity contribution < 1.29 is 4.74 Å². The van der Waals surface area contributed by atoms with Gasteiger partial charge in [-0.15, -0.1) is 0 Å². The van der Waals surface area contributed by atoms with E-state index in [1.165, 1.54) is 27.8 Å². The Morgan fingerprint density at radius 1 is 0.960 bits per heavy atom. The normalized spacial score (nSPS) is 18.7. The monoisotopic (exact) mass is 354 g/mol. The minimum atomic E-state index is -0.252. The van der Waals surface area contributed by atoms with Gasteiger partial charge in [-0.05, 0) is 86.2 Å². The van der Waals surface area contributed by atoms with Gasteiger partial charge in [-0.1, -0.05) is 42.8 Å². The fourth-order valence-corrected chi connectivity index (χ4v) is 4.01. The number of ether oxygens (including phenoxy) is 1. The molecular formula is C23H27ClO. The van der Waals surface area contributed by atoms with Crippen LogP contribution in [0, 0.1) is 0 Å². The molecule has 2 aromatic carbocycles. The Balaban J connectivity index is 2.10. The summed E-state index contributed by atoms with van der Waals surface area (Å²) in [5, 5.41) is 0.768. The highest BCUT2D eigenvalue weighted by Crippen LogP contribution is 2.40. The van der Waals surface area contributed by atoms with E-state index in [1.54, 1.807) is 0 Å². The quantitative estimate of drug-likeness (QED) is 0.580. The van der Waals surface area contributed by atoms with E-state index in [9.17, 15) is 0 Å². The Hall–Kier alpha value is -1.57. The molecule has 0 saturated heterocycles. The molecule has 1 aliphatic heterocycles. The van der Waals surface area contributed by atoms with Gasteiger partial charge >= 0.3 is 0 Å². The van der Waals surface area contributed by atoms with Gasteiger partial charge in [0.25, 0.3) is 0 Å². The first kappa shape index (κ1) is 18.2. The summed E-state index contributed by atoms with van der Waals surface area (Å²) in [5.74, 6) is 0. The van der Waals surface area contributed by atoms with Crippen LogP contribution < -0.4 is 0 Å². The van der Waals surface area contributed by atoms with Crippen LogP contribution in [0.4, 0.5) is 0 Å². The van der Waals surface area contributed by atoms with Crippen LogP contribution in [0.2, 0.25) is 5.02 Å². The van der Waals surface area contributed by atoms with Crippen LogP contribution in [0.1, 0.15) is 52.2 Å². The highest BCUT2D eigenvalue weighted by molar-refractivity contribution is 6.30. The second-order valence-electron chi connectivity index (χ2n) is 8.04. The average molecular weight is 355 g/mol. The van der Waals surface area contributed by atoms with Crippen LogP contribution in [0.5, 0.6) is 0 Å². The topological polar surface area (TPSA) is 9.23 Å². The fourth-order valence-electron chi connectivity index (χ4n) is 3.89. The molecule has 0 atom stereocenters. The lowest BCUT2D eigenvalue weighted by molar-refractivity contribution is -0.100. The molecule has 0 fully saturated rings. The Bertz CT molecular complexity index is 797. The van der Waals surface area contributed by atoms with Crippen molar-refractivity contribution in [2.75, 3.05) is 0 Å². The van der Waals surface area contributed by atoms with E-state index in [-0.39, 0.29) is 11.2 Å². The van der Waals surface area contributed by atoms with Crippen LogP contribution >= 0.6 is 11.6 Å². The van der Waals surface area contributed by atoms with Crippen molar-refractivity contribution in [3.05, 3.63) is 64.7 Å². The molecule has 2 heteroatoms. The molecule has 25 heavy (non-hydrogen) atoms. The molecule has 0 N–H and O–H groups in total. The van der Waals surface area contributed by atoms with Crippen molar-refractivity contribution in [3.63, 3.8) is 0 Å². The minimum absolute atomic E-state index is 0.158. The summed E-state index contributed by atoms with van der Waals surface area (Å²) >= 11 is 6.04. The molecule has 0 saturated carbocycles. The second kappa shape index (κ2) is 6.63. The molecule has 1 heterocycles. The number of hydrogen-bond acceptors (Lipinski definition) is 1. The number of rotatable bonds is 3.